The number of halogens is 1. The Labute approximate surface area is 88.3 Å². The van der Waals surface area contributed by atoms with Crippen LogP contribution in [-0.4, -0.2) is 15.1 Å². The van der Waals surface area contributed by atoms with Crippen molar-refractivity contribution in [2.75, 3.05) is 0 Å². The molecule has 0 fully saturated rings. The molecule has 0 spiro atoms. The number of aliphatic hydroxyl groups excluding tert-OH is 1. The fraction of sp³-hybridized carbons (Fsp3) is 0.250. The van der Waals surface area contributed by atoms with E-state index in [0.29, 0.717) is 4.47 Å². The molecule has 0 bridgehead atoms. The van der Waals surface area contributed by atoms with Gasteiger partial charge in [0.15, 0.2) is 5.75 Å². The van der Waals surface area contributed by atoms with Crippen LogP contribution in [0.4, 0.5) is 5.69 Å². The van der Waals surface area contributed by atoms with Gasteiger partial charge < -0.3 is 10.2 Å². The lowest BCUT2D eigenvalue weighted by Gasteiger charge is -2.07. The van der Waals surface area contributed by atoms with Gasteiger partial charge in [0.2, 0.25) is 0 Å². The van der Waals surface area contributed by atoms with Gasteiger partial charge in [0.25, 0.3) is 0 Å². The molecule has 14 heavy (non-hydrogen) atoms. The van der Waals surface area contributed by atoms with E-state index in [1.165, 1.54) is 19.1 Å². The maximum absolute atomic E-state index is 10.5. The van der Waals surface area contributed by atoms with Crippen LogP contribution in [-0.2, 0) is 0 Å². The van der Waals surface area contributed by atoms with Crippen LogP contribution in [0, 0.1) is 10.1 Å². The van der Waals surface area contributed by atoms with Crippen LogP contribution in [0.3, 0.4) is 0 Å². The Hall–Kier alpha value is -1.14. The average molecular weight is 262 g/mol. The van der Waals surface area contributed by atoms with Crippen molar-refractivity contribution in [3.8, 4) is 5.75 Å². The van der Waals surface area contributed by atoms with E-state index in [9.17, 15) is 20.3 Å². The maximum atomic E-state index is 10.5. The number of hydrogen-bond donors (Lipinski definition) is 2. The lowest BCUT2D eigenvalue weighted by molar-refractivity contribution is -0.386. The number of hydrogen-bond acceptors (Lipinski definition) is 4. The summed E-state index contributed by atoms with van der Waals surface area (Å²) in [5.74, 6) is -0.492. The zero-order valence-corrected chi connectivity index (χ0v) is 8.85. The van der Waals surface area contributed by atoms with Gasteiger partial charge >= 0.3 is 5.69 Å². The van der Waals surface area contributed by atoms with Crippen LogP contribution in [0.15, 0.2) is 16.6 Å². The molecule has 6 heteroatoms. The van der Waals surface area contributed by atoms with Crippen molar-refractivity contribution in [1.82, 2.24) is 0 Å². The number of phenols is 1. The van der Waals surface area contributed by atoms with Crippen LogP contribution in [0.1, 0.15) is 18.6 Å². The molecule has 0 aliphatic rings. The van der Waals surface area contributed by atoms with E-state index in [1.54, 1.807) is 0 Å². The largest absolute Gasteiger partial charge is 0.502 e. The number of nitro benzene ring substituents is 1. The second-order valence-corrected chi connectivity index (χ2v) is 3.71. The lowest BCUT2D eigenvalue weighted by atomic mass is 10.1. The van der Waals surface area contributed by atoms with Gasteiger partial charge in [-0.1, -0.05) is 15.9 Å². The third-order valence-electron chi connectivity index (χ3n) is 1.73. The highest BCUT2D eigenvalue weighted by molar-refractivity contribution is 9.10. The van der Waals surface area contributed by atoms with Gasteiger partial charge in [-0.15, -0.1) is 0 Å². The maximum Gasteiger partial charge on any atom is 0.312 e. The zero-order valence-electron chi connectivity index (χ0n) is 7.27. The second kappa shape index (κ2) is 3.93. The van der Waals surface area contributed by atoms with E-state index < -0.39 is 22.5 Å². The Morgan fingerprint density at radius 2 is 2.14 bits per heavy atom. The molecule has 0 aromatic heterocycles. The average Bonchev–Trinajstić information content (AvgIpc) is 2.07. The SMILES string of the molecule is C[C@@H](O)c1cc(Br)cc([N+](=O)[O-])c1O. The molecule has 0 aliphatic carbocycles. The van der Waals surface area contributed by atoms with E-state index in [4.69, 9.17) is 0 Å². The van der Waals surface area contributed by atoms with Crippen molar-refractivity contribution < 1.29 is 15.1 Å². The summed E-state index contributed by atoms with van der Waals surface area (Å²) in [4.78, 5) is 9.79. The molecule has 0 radical (unpaired) electrons. The summed E-state index contributed by atoms with van der Waals surface area (Å²) in [6.07, 6.45) is -0.953. The minimum absolute atomic E-state index is 0.131. The van der Waals surface area contributed by atoms with E-state index in [0.717, 1.165) is 0 Å². The Morgan fingerprint density at radius 3 is 2.57 bits per heavy atom. The number of aliphatic hydroxyl groups is 1. The topological polar surface area (TPSA) is 83.6 Å². The second-order valence-electron chi connectivity index (χ2n) is 2.80. The highest BCUT2D eigenvalue weighted by Crippen LogP contribution is 2.36. The van der Waals surface area contributed by atoms with Gasteiger partial charge in [0.1, 0.15) is 0 Å². The summed E-state index contributed by atoms with van der Waals surface area (Å²) in [5, 5.41) is 29.2. The van der Waals surface area contributed by atoms with Crippen LogP contribution in [0.2, 0.25) is 0 Å². The Balaban J connectivity index is 3.40. The standard InChI is InChI=1S/C8H8BrNO4/c1-4(11)6-2-5(9)3-7(8(6)12)10(13)14/h2-4,11-12H,1H3/t4-/m1/s1. The molecular formula is C8H8BrNO4. The quantitative estimate of drug-likeness (QED) is 0.631. The molecule has 76 valence electrons. The van der Waals surface area contributed by atoms with E-state index in [1.807, 2.05) is 0 Å². The summed E-state index contributed by atoms with van der Waals surface area (Å²) in [5.41, 5.74) is -0.290. The van der Waals surface area contributed by atoms with Gasteiger partial charge in [-0.2, -0.15) is 0 Å². The number of nitrogens with zero attached hydrogens (tertiary/aromatic N) is 1. The van der Waals surface area contributed by atoms with Crippen molar-refractivity contribution in [3.63, 3.8) is 0 Å². The lowest BCUT2D eigenvalue weighted by Crippen LogP contribution is -1.96. The zero-order chi connectivity index (χ0) is 10.9. The van der Waals surface area contributed by atoms with Gasteiger partial charge in [0, 0.05) is 16.1 Å². The molecule has 0 amide bonds. The van der Waals surface area contributed by atoms with Crippen LogP contribution >= 0.6 is 15.9 Å². The van der Waals surface area contributed by atoms with Crippen LogP contribution in [0.25, 0.3) is 0 Å². The third kappa shape index (κ3) is 2.02. The molecular weight excluding hydrogens is 254 g/mol. The monoisotopic (exact) mass is 261 g/mol. The van der Waals surface area contributed by atoms with Crippen molar-refractivity contribution >= 4 is 21.6 Å². The van der Waals surface area contributed by atoms with Gasteiger partial charge in [-0.3, -0.25) is 10.1 Å². The Bertz CT molecular complexity index is 378. The number of rotatable bonds is 2. The van der Waals surface area contributed by atoms with Gasteiger partial charge in [0.05, 0.1) is 11.0 Å². The smallest absolute Gasteiger partial charge is 0.312 e. The normalized spacial score (nSPS) is 12.5. The first-order valence-corrected chi connectivity index (χ1v) is 4.57. The summed E-state index contributed by atoms with van der Waals surface area (Å²) < 4.78 is 0.443. The predicted molar refractivity (Wildman–Crippen MR) is 53.1 cm³/mol. The van der Waals surface area contributed by atoms with Crippen LogP contribution < -0.4 is 0 Å². The summed E-state index contributed by atoms with van der Waals surface area (Å²) >= 11 is 3.06. The van der Waals surface area contributed by atoms with Crippen LogP contribution in [0.5, 0.6) is 5.75 Å². The summed E-state index contributed by atoms with van der Waals surface area (Å²) in [6.45, 7) is 1.42. The Kier molecular flexibility index (Phi) is 3.07. The first kappa shape index (κ1) is 10.9. The molecule has 0 heterocycles. The molecule has 0 unspecified atom stereocenters. The van der Waals surface area contributed by atoms with E-state index >= 15 is 0 Å². The summed E-state index contributed by atoms with van der Waals surface area (Å²) in [7, 11) is 0. The van der Waals surface area contributed by atoms with E-state index in [2.05, 4.69) is 15.9 Å². The molecule has 0 aliphatic heterocycles. The minimum atomic E-state index is -0.953. The predicted octanol–water partition coefficient (Wildman–Crippen LogP) is 2.12. The fourth-order valence-electron chi connectivity index (χ4n) is 1.06. The van der Waals surface area contributed by atoms with Crippen molar-refractivity contribution in [3.05, 3.63) is 32.3 Å². The molecule has 2 N–H and O–H groups in total. The highest BCUT2D eigenvalue weighted by atomic mass is 79.9. The highest BCUT2D eigenvalue weighted by Gasteiger charge is 2.20. The van der Waals surface area contributed by atoms with E-state index in [-0.39, 0.29) is 5.56 Å². The first-order chi connectivity index (χ1) is 6.43. The molecule has 1 atom stereocenters. The van der Waals surface area contributed by atoms with Gasteiger partial charge in [-0.05, 0) is 13.0 Å². The minimum Gasteiger partial charge on any atom is -0.502 e. The molecule has 1 aromatic carbocycles. The molecule has 0 saturated heterocycles. The van der Waals surface area contributed by atoms with Crippen molar-refractivity contribution in [2.24, 2.45) is 0 Å². The molecule has 5 nitrogen and oxygen atoms in total. The first-order valence-electron chi connectivity index (χ1n) is 3.78. The number of benzene rings is 1. The van der Waals surface area contributed by atoms with Crippen molar-refractivity contribution in [1.29, 1.82) is 0 Å². The molecule has 1 aromatic rings. The molecule has 0 saturated carbocycles. The fourth-order valence-corrected chi connectivity index (χ4v) is 1.53. The number of nitro groups is 1. The van der Waals surface area contributed by atoms with Crippen molar-refractivity contribution in [2.45, 2.75) is 13.0 Å². The Morgan fingerprint density at radius 1 is 1.57 bits per heavy atom. The van der Waals surface area contributed by atoms with Gasteiger partial charge in [-0.25, -0.2) is 0 Å². The summed E-state index contributed by atoms with van der Waals surface area (Å²) in [6, 6.07) is 2.62. The molecule has 1 rings (SSSR count). The number of phenolic OH excluding ortho intramolecular Hbond substituents is 1. The number of aromatic hydroxyl groups is 1. The third-order valence-corrected chi connectivity index (χ3v) is 2.19.